The minimum atomic E-state index is -0.274. The van der Waals surface area contributed by atoms with Gasteiger partial charge in [0.15, 0.2) is 0 Å². The summed E-state index contributed by atoms with van der Waals surface area (Å²) in [4.78, 5) is 26.6. The van der Waals surface area contributed by atoms with Gasteiger partial charge >= 0.3 is 6.03 Å². The first kappa shape index (κ1) is 12.3. The van der Waals surface area contributed by atoms with Crippen molar-refractivity contribution in [2.45, 2.75) is 19.4 Å². The van der Waals surface area contributed by atoms with E-state index in [-0.39, 0.29) is 18.0 Å². The van der Waals surface area contributed by atoms with Crippen LogP contribution in [0.5, 0.6) is 0 Å². The average Bonchev–Trinajstić information content (AvgIpc) is 2.62. The molecule has 0 aromatic carbocycles. The summed E-state index contributed by atoms with van der Waals surface area (Å²) in [5.74, 6) is 0.389. The van der Waals surface area contributed by atoms with Gasteiger partial charge in [-0.3, -0.25) is 14.6 Å². The first-order valence-corrected chi connectivity index (χ1v) is 6.12. The van der Waals surface area contributed by atoms with E-state index in [1.165, 1.54) is 4.90 Å². The Balaban J connectivity index is 1.87. The van der Waals surface area contributed by atoms with Crippen molar-refractivity contribution in [3.8, 4) is 0 Å². The summed E-state index contributed by atoms with van der Waals surface area (Å²) in [5.41, 5.74) is 5.93. The van der Waals surface area contributed by atoms with Gasteiger partial charge < -0.3 is 11.1 Å². The summed E-state index contributed by atoms with van der Waals surface area (Å²) in [6.45, 7) is 5.10. The molecule has 96 valence electrons. The van der Waals surface area contributed by atoms with Gasteiger partial charge in [-0.15, -0.1) is 0 Å². The molecule has 2 heterocycles. The molecule has 2 saturated heterocycles. The molecule has 17 heavy (non-hydrogen) atoms. The van der Waals surface area contributed by atoms with Crippen LogP contribution in [0.15, 0.2) is 0 Å². The van der Waals surface area contributed by atoms with Crippen molar-refractivity contribution in [1.29, 1.82) is 0 Å². The number of carbonyl (C=O) groups excluding carboxylic acids is 2. The lowest BCUT2D eigenvalue weighted by Gasteiger charge is -2.34. The van der Waals surface area contributed by atoms with E-state index >= 15 is 0 Å². The topological polar surface area (TPSA) is 78.7 Å². The quantitative estimate of drug-likeness (QED) is 0.663. The molecule has 0 radical (unpaired) electrons. The van der Waals surface area contributed by atoms with E-state index in [1.807, 2.05) is 4.90 Å². The minimum Gasteiger partial charge on any atom is -0.336 e. The Morgan fingerprint density at radius 2 is 2.29 bits per heavy atom. The van der Waals surface area contributed by atoms with Gasteiger partial charge in [0.25, 0.3) is 0 Å². The fourth-order valence-corrected chi connectivity index (χ4v) is 2.63. The third kappa shape index (κ3) is 2.95. The Morgan fingerprint density at radius 1 is 1.53 bits per heavy atom. The van der Waals surface area contributed by atoms with Gasteiger partial charge in [0.2, 0.25) is 5.91 Å². The number of amides is 3. The van der Waals surface area contributed by atoms with E-state index in [2.05, 4.69) is 12.2 Å². The van der Waals surface area contributed by atoms with Crippen LogP contribution in [0.1, 0.15) is 13.3 Å². The van der Waals surface area contributed by atoms with Crippen LogP contribution in [0.25, 0.3) is 0 Å². The van der Waals surface area contributed by atoms with Crippen LogP contribution < -0.4 is 11.1 Å². The summed E-state index contributed by atoms with van der Waals surface area (Å²) in [6, 6.07) is -0.136. The molecule has 6 heteroatoms. The van der Waals surface area contributed by atoms with Crippen LogP contribution in [0.2, 0.25) is 0 Å². The van der Waals surface area contributed by atoms with Crippen LogP contribution in [0, 0.1) is 5.92 Å². The standard InChI is InChI=1S/C11H20N4O2/c1-8-4-9(12)6-14(5-8)7-10(16)15-3-2-13-11(15)17/h8-9H,2-7,12H2,1H3,(H,13,17). The molecular formula is C11H20N4O2. The molecule has 0 aromatic rings. The van der Waals surface area contributed by atoms with Crippen LogP contribution in [0.3, 0.4) is 0 Å². The molecule has 2 unspecified atom stereocenters. The highest BCUT2D eigenvalue weighted by atomic mass is 16.2. The number of nitrogens with two attached hydrogens (primary N) is 1. The fraction of sp³-hybridized carbons (Fsp3) is 0.818. The van der Waals surface area contributed by atoms with E-state index in [9.17, 15) is 9.59 Å². The number of likely N-dealkylation sites (tertiary alicyclic amines) is 1. The first-order chi connectivity index (χ1) is 8.06. The lowest BCUT2D eigenvalue weighted by Crippen LogP contribution is -2.50. The van der Waals surface area contributed by atoms with E-state index in [0.29, 0.717) is 25.6 Å². The van der Waals surface area contributed by atoms with E-state index in [1.54, 1.807) is 0 Å². The van der Waals surface area contributed by atoms with Crippen LogP contribution in [0.4, 0.5) is 4.79 Å². The van der Waals surface area contributed by atoms with Gasteiger partial charge in [-0.2, -0.15) is 0 Å². The Kier molecular flexibility index (Phi) is 3.63. The van der Waals surface area contributed by atoms with Crippen molar-refractivity contribution in [2.24, 2.45) is 11.7 Å². The molecule has 0 aliphatic carbocycles. The number of carbonyl (C=O) groups is 2. The first-order valence-electron chi connectivity index (χ1n) is 6.12. The maximum atomic E-state index is 11.9. The summed E-state index contributed by atoms with van der Waals surface area (Å²) >= 11 is 0. The van der Waals surface area contributed by atoms with Crippen molar-refractivity contribution < 1.29 is 9.59 Å². The second-order valence-corrected chi connectivity index (χ2v) is 5.07. The van der Waals surface area contributed by atoms with Crippen LogP contribution in [-0.4, -0.2) is 60.5 Å². The molecule has 2 fully saturated rings. The monoisotopic (exact) mass is 240 g/mol. The third-order valence-corrected chi connectivity index (χ3v) is 3.28. The normalized spacial score (nSPS) is 30.5. The summed E-state index contributed by atoms with van der Waals surface area (Å²) < 4.78 is 0. The molecule has 2 aliphatic heterocycles. The summed E-state index contributed by atoms with van der Waals surface area (Å²) in [6.07, 6.45) is 1.01. The molecule has 2 aliphatic rings. The molecule has 0 saturated carbocycles. The van der Waals surface area contributed by atoms with Gasteiger partial charge in [0.1, 0.15) is 0 Å². The molecule has 3 N–H and O–H groups in total. The number of hydrogen-bond acceptors (Lipinski definition) is 4. The van der Waals surface area contributed by atoms with Crippen LogP contribution >= 0.6 is 0 Å². The number of imide groups is 1. The Bertz CT molecular complexity index is 311. The molecule has 2 atom stereocenters. The second-order valence-electron chi connectivity index (χ2n) is 5.07. The third-order valence-electron chi connectivity index (χ3n) is 3.28. The zero-order valence-electron chi connectivity index (χ0n) is 10.2. The molecule has 0 spiro atoms. The number of piperidine rings is 1. The van der Waals surface area contributed by atoms with E-state index in [0.717, 1.165) is 19.5 Å². The molecule has 0 bridgehead atoms. The Morgan fingerprint density at radius 3 is 2.88 bits per heavy atom. The van der Waals surface area contributed by atoms with Gasteiger partial charge in [-0.05, 0) is 12.3 Å². The number of hydrogen-bond donors (Lipinski definition) is 2. The smallest absolute Gasteiger partial charge is 0.324 e. The van der Waals surface area contributed by atoms with Crippen LogP contribution in [-0.2, 0) is 4.79 Å². The van der Waals surface area contributed by atoms with E-state index in [4.69, 9.17) is 5.73 Å². The molecule has 0 aromatic heterocycles. The highest BCUT2D eigenvalue weighted by Crippen LogP contribution is 2.15. The van der Waals surface area contributed by atoms with Gasteiger partial charge in [0.05, 0.1) is 6.54 Å². The second kappa shape index (κ2) is 5.01. The van der Waals surface area contributed by atoms with Crippen molar-refractivity contribution in [3.63, 3.8) is 0 Å². The highest BCUT2D eigenvalue weighted by molar-refractivity contribution is 5.96. The molecular weight excluding hydrogens is 220 g/mol. The van der Waals surface area contributed by atoms with Gasteiger partial charge in [-0.25, -0.2) is 4.79 Å². The van der Waals surface area contributed by atoms with Gasteiger partial charge in [-0.1, -0.05) is 6.92 Å². The SMILES string of the molecule is CC1CC(N)CN(CC(=O)N2CCNC2=O)C1. The van der Waals surface area contributed by atoms with Crippen molar-refractivity contribution >= 4 is 11.9 Å². The summed E-state index contributed by atoms with van der Waals surface area (Å²) in [5, 5.41) is 2.63. The number of rotatable bonds is 2. The predicted octanol–water partition coefficient (Wildman–Crippen LogP) is -0.793. The zero-order chi connectivity index (χ0) is 12.4. The number of nitrogens with one attached hydrogen (secondary N) is 1. The molecule has 3 amide bonds. The maximum absolute atomic E-state index is 11.9. The predicted molar refractivity (Wildman–Crippen MR) is 63.3 cm³/mol. The number of nitrogens with zero attached hydrogens (tertiary/aromatic N) is 2. The lowest BCUT2D eigenvalue weighted by atomic mass is 9.97. The average molecular weight is 240 g/mol. The zero-order valence-corrected chi connectivity index (χ0v) is 10.2. The van der Waals surface area contributed by atoms with Crippen molar-refractivity contribution in [2.75, 3.05) is 32.7 Å². The minimum absolute atomic E-state index is 0.124. The lowest BCUT2D eigenvalue weighted by molar-refractivity contribution is -0.129. The van der Waals surface area contributed by atoms with E-state index < -0.39 is 0 Å². The fourth-order valence-electron chi connectivity index (χ4n) is 2.63. The number of urea groups is 1. The highest BCUT2D eigenvalue weighted by Gasteiger charge is 2.29. The Hall–Kier alpha value is -1.14. The maximum Gasteiger partial charge on any atom is 0.324 e. The van der Waals surface area contributed by atoms with Crippen molar-refractivity contribution in [1.82, 2.24) is 15.1 Å². The Labute approximate surface area is 101 Å². The summed E-state index contributed by atoms with van der Waals surface area (Å²) in [7, 11) is 0. The van der Waals surface area contributed by atoms with Gasteiger partial charge in [0, 0.05) is 32.2 Å². The molecule has 6 nitrogen and oxygen atoms in total. The van der Waals surface area contributed by atoms with Crippen molar-refractivity contribution in [3.05, 3.63) is 0 Å². The molecule has 2 rings (SSSR count). The largest absolute Gasteiger partial charge is 0.336 e.